The number of ether oxygens (including phenoxy) is 12. The molecule has 0 bridgehead atoms. The first-order valence-corrected chi connectivity index (χ1v) is 20.2. The molecule has 0 aromatic carbocycles. The number of hydrogen-bond donors (Lipinski definition) is 0. The quantitative estimate of drug-likeness (QED) is 0.0547. The molecule has 0 aliphatic rings. The third-order valence-electron chi connectivity index (χ3n) is 7.81. The minimum absolute atomic E-state index is 0.0674. The van der Waals surface area contributed by atoms with Crippen LogP contribution in [-0.2, 0) is 61.6 Å². The van der Waals surface area contributed by atoms with E-state index in [1.54, 1.807) is 0 Å². The second kappa shape index (κ2) is 48.0. The summed E-state index contributed by atoms with van der Waals surface area (Å²) < 4.78 is 64.5. The molecule has 0 radical (unpaired) electrons. The second-order valence-corrected chi connectivity index (χ2v) is 12.3. The zero-order valence-corrected chi connectivity index (χ0v) is 33.3. The van der Waals surface area contributed by atoms with Gasteiger partial charge in [-0.1, -0.05) is 90.4 Å². The largest absolute Gasteiger partial charge is 0.467 e. The van der Waals surface area contributed by atoms with Crippen LogP contribution in [-0.4, -0.2) is 158 Å². The highest BCUT2D eigenvalue weighted by molar-refractivity contribution is 5.70. The van der Waals surface area contributed by atoms with Crippen LogP contribution < -0.4 is 0 Å². The molecule has 13 heteroatoms. The van der Waals surface area contributed by atoms with Gasteiger partial charge in [0.1, 0.15) is 6.61 Å². The Hall–Kier alpha value is -0.970. The van der Waals surface area contributed by atoms with Crippen LogP contribution in [0.25, 0.3) is 0 Å². The lowest BCUT2D eigenvalue weighted by atomic mass is 10.0. The van der Waals surface area contributed by atoms with Crippen molar-refractivity contribution in [3.63, 3.8) is 0 Å². The van der Waals surface area contributed by atoms with Gasteiger partial charge in [-0.3, -0.25) is 0 Å². The Bertz CT molecular complexity index is 660. The molecule has 0 aliphatic carbocycles. The zero-order valence-electron chi connectivity index (χ0n) is 33.3. The average Bonchev–Trinajstić information content (AvgIpc) is 3.16. The molecule has 312 valence electrons. The molecule has 13 nitrogen and oxygen atoms in total. The van der Waals surface area contributed by atoms with Gasteiger partial charge in [-0.05, 0) is 6.42 Å². The standard InChI is InChI=1S/C39H78O13/c1-3-4-5-6-7-8-9-10-11-12-13-14-15-16-17-42-18-19-43-20-21-44-22-23-45-24-25-46-26-27-47-28-29-48-30-31-49-32-33-50-34-35-51-36-37-52-38-39(40)41-2/h3-38H2,1-2H3. The molecule has 0 atom stereocenters. The Kier molecular flexibility index (Phi) is 47.2. The lowest BCUT2D eigenvalue weighted by Gasteiger charge is -2.09. The van der Waals surface area contributed by atoms with Crippen molar-refractivity contribution in [2.45, 2.75) is 96.8 Å². The zero-order chi connectivity index (χ0) is 37.5. The van der Waals surface area contributed by atoms with Crippen LogP contribution in [0.5, 0.6) is 0 Å². The fourth-order valence-electron chi connectivity index (χ4n) is 4.81. The van der Waals surface area contributed by atoms with E-state index in [1.807, 2.05) is 0 Å². The number of esters is 1. The summed E-state index contributed by atoms with van der Waals surface area (Å²) in [6.45, 7) is 13.2. The van der Waals surface area contributed by atoms with Gasteiger partial charge < -0.3 is 56.8 Å². The lowest BCUT2D eigenvalue weighted by molar-refractivity contribution is -0.146. The molecule has 0 saturated carbocycles. The van der Waals surface area contributed by atoms with Gasteiger partial charge in [-0.15, -0.1) is 0 Å². The van der Waals surface area contributed by atoms with Crippen LogP contribution >= 0.6 is 0 Å². The Labute approximate surface area is 316 Å². The van der Waals surface area contributed by atoms with E-state index >= 15 is 0 Å². The third-order valence-corrected chi connectivity index (χ3v) is 7.81. The van der Waals surface area contributed by atoms with Crippen LogP contribution in [0.15, 0.2) is 0 Å². The summed E-state index contributed by atoms with van der Waals surface area (Å²) in [5.41, 5.74) is 0. The fraction of sp³-hybridized carbons (Fsp3) is 0.974. The molecule has 0 unspecified atom stereocenters. The van der Waals surface area contributed by atoms with Crippen molar-refractivity contribution >= 4 is 5.97 Å². The second-order valence-electron chi connectivity index (χ2n) is 12.3. The van der Waals surface area contributed by atoms with Crippen LogP contribution in [0.4, 0.5) is 0 Å². The van der Waals surface area contributed by atoms with E-state index in [4.69, 9.17) is 52.1 Å². The fourth-order valence-corrected chi connectivity index (χ4v) is 4.81. The summed E-state index contributed by atoms with van der Waals surface area (Å²) in [7, 11) is 1.32. The third kappa shape index (κ3) is 47.1. The minimum Gasteiger partial charge on any atom is -0.467 e. The van der Waals surface area contributed by atoms with Crippen LogP contribution in [0.1, 0.15) is 96.8 Å². The maximum absolute atomic E-state index is 10.9. The molecule has 0 rings (SSSR count). The van der Waals surface area contributed by atoms with Gasteiger partial charge in [0.15, 0.2) is 0 Å². The summed E-state index contributed by atoms with van der Waals surface area (Å²) in [6.07, 6.45) is 19.2. The predicted molar refractivity (Wildman–Crippen MR) is 201 cm³/mol. The Morgan fingerprint density at radius 1 is 0.288 bits per heavy atom. The van der Waals surface area contributed by atoms with Crippen molar-refractivity contribution in [3.8, 4) is 0 Å². The molecule has 0 aliphatic heterocycles. The summed E-state index contributed by atoms with van der Waals surface area (Å²) >= 11 is 0. The summed E-state index contributed by atoms with van der Waals surface area (Å²) in [6, 6.07) is 0. The van der Waals surface area contributed by atoms with E-state index in [0.717, 1.165) is 13.0 Å². The molecule has 0 amide bonds. The van der Waals surface area contributed by atoms with Crippen LogP contribution in [0.2, 0.25) is 0 Å². The van der Waals surface area contributed by atoms with Crippen molar-refractivity contribution < 1.29 is 61.6 Å². The topological polar surface area (TPSA) is 128 Å². The first-order chi connectivity index (χ1) is 25.8. The Balaban J connectivity index is 3.06. The van der Waals surface area contributed by atoms with E-state index in [0.29, 0.717) is 132 Å². The molecule has 0 aromatic heterocycles. The molecule has 0 fully saturated rings. The maximum atomic E-state index is 10.9. The van der Waals surface area contributed by atoms with E-state index < -0.39 is 5.97 Å². The Morgan fingerprint density at radius 2 is 0.500 bits per heavy atom. The monoisotopic (exact) mass is 755 g/mol. The highest BCUT2D eigenvalue weighted by atomic mass is 16.6. The van der Waals surface area contributed by atoms with E-state index in [9.17, 15) is 4.79 Å². The van der Waals surface area contributed by atoms with Crippen molar-refractivity contribution in [1.82, 2.24) is 0 Å². The van der Waals surface area contributed by atoms with Gasteiger partial charge in [0.25, 0.3) is 0 Å². The first kappa shape index (κ1) is 51.0. The maximum Gasteiger partial charge on any atom is 0.331 e. The predicted octanol–water partition coefficient (Wildman–Crippen LogP) is 5.82. The van der Waals surface area contributed by atoms with Gasteiger partial charge in [-0.25, -0.2) is 4.79 Å². The first-order valence-electron chi connectivity index (χ1n) is 20.2. The van der Waals surface area contributed by atoms with Crippen molar-refractivity contribution in [2.75, 3.05) is 152 Å². The smallest absolute Gasteiger partial charge is 0.331 e. The van der Waals surface area contributed by atoms with E-state index in [1.165, 1.54) is 90.6 Å². The van der Waals surface area contributed by atoms with Gasteiger partial charge in [0, 0.05) is 6.61 Å². The van der Waals surface area contributed by atoms with Gasteiger partial charge in [0.2, 0.25) is 0 Å². The summed E-state index contributed by atoms with van der Waals surface area (Å²) in [5, 5.41) is 0. The van der Waals surface area contributed by atoms with Crippen molar-refractivity contribution in [1.29, 1.82) is 0 Å². The number of rotatable bonds is 47. The van der Waals surface area contributed by atoms with E-state index in [2.05, 4.69) is 11.7 Å². The van der Waals surface area contributed by atoms with Crippen molar-refractivity contribution in [2.24, 2.45) is 0 Å². The molecule has 52 heavy (non-hydrogen) atoms. The van der Waals surface area contributed by atoms with Gasteiger partial charge in [-0.2, -0.15) is 0 Å². The molecular weight excluding hydrogens is 676 g/mol. The number of carbonyl (C=O) groups excluding carboxylic acids is 1. The highest BCUT2D eigenvalue weighted by Crippen LogP contribution is 2.13. The minimum atomic E-state index is -0.404. The molecule has 0 heterocycles. The molecule has 0 saturated heterocycles. The van der Waals surface area contributed by atoms with Crippen LogP contribution in [0, 0.1) is 0 Å². The number of carbonyl (C=O) groups is 1. The number of unbranched alkanes of at least 4 members (excludes halogenated alkanes) is 13. The lowest BCUT2D eigenvalue weighted by Crippen LogP contribution is -2.16. The molecular formula is C39H78O13. The van der Waals surface area contributed by atoms with E-state index in [-0.39, 0.29) is 6.61 Å². The van der Waals surface area contributed by atoms with Crippen molar-refractivity contribution in [3.05, 3.63) is 0 Å². The Morgan fingerprint density at radius 3 is 0.750 bits per heavy atom. The SMILES string of the molecule is CCCCCCCCCCCCCCCCOCCOCCOCCOCCOCCOCCOCCOCCOCCOCCOCC(=O)OC. The van der Waals surface area contributed by atoms with Crippen LogP contribution in [0.3, 0.4) is 0 Å². The highest BCUT2D eigenvalue weighted by Gasteiger charge is 2.00. The average molecular weight is 755 g/mol. The number of hydrogen-bond acceptors (Lipinski definition) is 13. The van der Waals surface area contributed by atoms with Gasteiger partial charge >= 0.3 is 5.97 Å². The number of methoxy groups -OCH3 is 1. The molecule has 0 aromatic rings. The van der Waals surface area contributed by atoms with Gasteiger partial charge in [0.05, 0.1) is 139 Å². The summed E-state index contributed by atoms with van der Waals surface area (Å²) in [4.78, 5) is 10.9. The normalized spacial score (nSPS) is 11.5. The molecule has 0 spiro atoms. The summed E-state index contributed by atoms with van der Waals surface area (Å²) in [5.74, 6) is -0.404. The molecule has 0 N–H and O–H groups in total.